The minimum absolute atomic E-state index is 0.108. The van der Waals surface area contributed by atoms with Crippen LogP contribution < -0.4 is 4.74 Å². The number of hydrogen-bond donors (Lipinski definition) is 1. The average molecular weight is 309 g/mol. The lowest BCUT2D eigenvalue weighted by molar-refractivity contribution is -0.149. The Hall–Kier alpha value is -2.11. The minimum Gasteiger partial charge on any atom is -0.494 e. The molecule has 1 aromatic rings. The van der Waals surface area contributed by atoms with E-state index in [1.165, 1.54) is 4.90 Å². The van der Waals surface area contributed by atoms with Gasteiger partial charge in [-0.25, -0.2) is 9.18 Å². The van der Waals surface area contributed by atoms with E-state index in [1.807, 2.05) is 0 Å². The number of carboxylic acid groups (broad SMARTS) is 1. The molecule has 1 unspecified atom stereocenters. The van der Waals surface area contributed by atoms with E-state index in [-0.39, 0.29) is 18.9 Å². The number of carboxylic acids is 1. The molecular formula is C16H20FNO4. The van der Waals surface area contributed by atoms with Gasteiger partial charge in [0.15, 0.2) is 0 Å². The van der Waals surface area contributed by atoms with Crippen LogP contribution in [0.1, 0.15) is 36.5 Å². The number of rotatable bonds is 6. The molecule has 1 aliphatic heterocycles. The summed E-state index contributed by atoms with van der Waals surface area (Å²) in [4.78, 5) is 24.4. The lowest BCUT2D eigenvalue weighted by Crippen LogP contribution is -2.38. The first kappa shape index (κ1) is 16.3. The van der Waals surface area contributed by atoms with Gasteiger partial charge < -0.3 is 14.7 Å². The fraction of sp³-hybridized carbons (Fsp3) is 0.500. The van der Waals surface area contributed by atoms with Crippen LogP contribution in [0.15, 0.2) is 24.3 Å². The van der Waals surface area contributed by atoms with Gasteiger partial charge in [-0.3, -0.25) is 4.79 Å². The molecule has 1 atom stereocenters. The first-order valence-corrected chi connectivity index (χ1v) is 7.41. The van der Waals surface area contributed by atoms with Gasteiger partial charge in [0.1, 0.15) is 5.75 Å². The molecule has 1 amide bonds. The van der Waals surface area contributed by atoms with Gasteiger partial charge in [-0.15, -0.1) is 0 Å². The number of amides is 1. The second-order valence-electron chi connectivity index (χ2n) is 5.47. The third-order valence-corrected chi connectivity index (χ3v) is 3.76. The lowest BCUT2D eigenvalue weighted by Gasteiger charge is -2.18. The molecule has 6 heteroatoms. The summed E-state index contributed by atoms with van der Waals surface area (Å²) < 4.78 is 19.5. The number of alkyl halides is 1. The Morgan fingerprint density at radius 2 is 2.05 bits per heavy atom. The van der Waals surface area contributed by atoms with Crippen molar-refractivity contribution in [2.24, 2.45) is 0 Å². The SMILES string of the molecule is CCCCOc1ccc(C(=O)N2CCC(F)(C(=O)O)C2)cc1. The van der Waals surface area contributed by atoms with Crippen LogP contribution in [0.4, 0.5) is 4.39 Å². The number of benzene rings is 1. The molecule has 1 fully saturated rings. The summed E-state index contributed by atoms with van der Waals surface area (Å²) in [6.45, 7) is 2.40. The van der Waals surface area contributed by atoms with Crippen LogP contribution in [0, 0.1) is 0 Å². The molecule has 5 nitrogen and oxygen atoms in total. The molecule has 120 valence electrons. The van der Waals surface area contributed by atoms with E-state index >= 15 is 0 Å². The highest BCUT2D eigenvalue weighted by atomic mass is 19.1. The maximum Gasteiger partial charge on any atom is 0.343 e. The van der Waals surface area contributed by atoms with Gasteiger partial charge in [0.05, 0.1) is 13.2 Å². The second kappa shape index (κ2) is 6.77. The van der Waals surface area contributed by atoms with Crippen molar-refractivity contribution >= 4 is 11.9 Å². The van der Waals surface area contributed by atoms with Gasteiger partial charge in [0.2, 0.25) is 5.67 Å². The number of ether oxygens (including phenoxy) is 1. The highest BCUT2D eigenvalue weighted by molar-refractivity contribution is 5.95. The Morgan fingerprint density at radius 1 is 1.36 bits per heavy atom. The maximum absolute atomic E-state index is 14.0. The molecular weight excluding hydrogens is 289 g/mol. The normalized spacial score (nSPS) is 20.9. The van der Waals surface area contributed by atoms with Crippen molar-refractivity contribution in [1.29, 1.82) is 0 Å². The second-order valence-corrected chi connectivity index (χ2v) is 5.47. The summed E-state index contributed by atoms with van der Waals surface area (Å²) in [5.41, 5.74) is -1.93. The summed E-state index contributed by atoms with van der Waals surface area (Å²) in [5.74, 6) is -1.19. The first-order valence-electron chi connectivity index (χ1n) is 7.41. The first-order chi connectivity index (χ1) is 10.5. The van der Waals surface area contributed by atoms with Crippen LogP contribution in [-0.4, -0.2) is 47.2 Å². The fourth-order valence-corrected chi connectivity index (χ4v) is 2.33. The van der Waals surface area contributed by atoms with Crippen LogP contribution in [0.3, 0.4) is 0 Å². The summed E-state index contributed by atoms with van der Waals surface area (Å²) in [6, 6.07) is 6.61. The van der Waals surface area contributed by atoms with E-state index in [9.17, 15) is 14.0 Å². The number of nitrogens with zero attached hydrogens (tertiary/aromatic N) is 1. The predicted octanol–water partition coefficient (Wildman–Crippen LogP) is 2.50. The average Bonchev–Trinajstić information content (AvgIpc) is 2.91. The number of halogens is 1. The zero-order valence-electron chi connectivity index (χ0n) is 12.5. The Morgan fingerprint density at radius 3 is 2.59 bits per heavy atom. The number of unbranched alkanes of at least 4 members (excludes halogenated alkanes) is 1. The van der Waals surface area contributed by atoms with Crippen molar-refractivity contribution < 1.29 is 23.8 Å². The van der Waals surface area contributed by atoms with Crippen molar-refractivity contribution in [2.45, 2.75) is 31.9 Å². The Balaban J connectivity index is 1.97. The van der Waals surface area contributed by atoms with Crippen molar-refractivity contribution in [1.82, 2.24) is 4.90 Å². The Labute approximate surface area is 128 Å². The monoisotopic (exact) mass is 309 g/mol. The van der Waals surface area contributed by atoms with Crippen LogP contribution in [-0.2, 0) is 4.79 Å². The van der Waals surface area contributed by atoms with Crippen LogP contribution >= 0.6 is 0 Å². The van der Waals surface area contributed by atoms with Gasteiger partial charge in [-0.1, -0.05) is 13.3 Å². The molecule has 1 aromatic carbocycles. The number of aliphatic carboxylic acids is 1. The number of carbonyl (C=O) groups excluding carboxylic acids is 1. The molecule has 1 N–H and O–H groups in total. The van der Waals surface area contributed by atoms with Crippen LogP contribution in [0.25, 0.3) is 0 Å². The molecule has 1 heterocycles. The summed E-state index contributed by atoms with van der Waals surface area (Å²) in [7, 11) is 0. The van der Waals surface area contributed by atoms with Crippen molar-refractivity contribution in [2.75, 3.05) is 19.7 Å². The molecule has 1 aliphatic rings. The third-order valence-electron chi connectivity index (χ3n) is 3.76. The van der Waals surface area contributed by atoms with Crippen LogP contribution in [0.5, 0.6) is 5.75 Å². The quantitative estimate of drug-likeness (QED) is 0.820. The van der Waals surface area contributed by atoms with Crippen molar-refractivity contribution in [3.8, 4) is 5.75 Å². The molecule has 1 saturated heterocycles. The Kier molecular flexibility index (Phi) is 5.00. The molecule has 0 bridgehead atoms. The molecule has 22 heavy (non-hydrogen) atoms. The van der Waals surface area contributed by atoms with Gasteiger partial charge in [0, 0.05) is 18.5 Å². The van der Waals surface area contributed by atoms with Crippen molar-refractivity contribution in [3.05, 3.63) is 29.8 Å². The standard InChI is InChI=1S/C16H20FNO4/c1-2-3-10-22-13-6-4-12(5-7-13)14(19)18-9-8-16(17,11-18)15(20)21/h4-7H,2-3,8-11H2,1H3,(H,20,21). The molecule has 0 aromatic heterocycles. The predicted molar refractivity (Wildman–Crippen MR) is 78.8 cm³/mol. The highest BCUT2D eigenvalue weighted by Crippen LogP contribution is 2.27. The Bertz CT molecular complexity index is 546. The van der Waals surface area contributed by atoms with E-state index in [4.69, 9.17) is 9.84 Å². The van der Waals surface area contributed by atoms with Gasteiger partial charge in [-0.2, -0.15) is 0 Å². The number of hydrogen-bond acceptors (Lipinski definition) is 3. The van der Waals surface area contributed by atoms with Crippen LogP contribution in [0.2, 0.25) is 0 Å². The van der Waals surface area contributed by atoms with E-state index in [0.29, 0.717) is 17.9 Å². The fourth-order valence-electron chi connectivity index (χ4n) is 2.33. The molecule has 0 aliphatic carbocycles. The summed E-state index contributed by atoms with van der Waals surface area (Å²) >= 11 is 0. The van der Waals surface area contributed by atoms with E-state index < -0.39 is 18.2 Å². The summed E-state index contributed by atoms with van der Waals surface area (Å²) in [6.07, 6.45) is 1.83. The van der Waals surface area contributed by atoms with Crippen molar-refractivity contribution in [3.63, 3.8) is 0 Å². The highest BCUT2D eigenvalue weighted by Gasteiger charge is 2.46. The minimum atomic E-state index is -2.33. The lowest BCUT2D eigenvalue weighted by atomic mass is 10.1. The molecule has 0 radical (unpaired) electrons. The van der Waals surface area contributed by atoms with E-state index in [2.05, 4.69) is 6.92 Å². The van der Waals surface area contributed by atoms with E-state index in [1.54, 1.807) is 24.3 Å². The molecule has 0 spiro atoms. The third kappa shape index (κ3) is 3.55. The zero-order valence-corrected chi connectivity index (χ0v) is 12.5. The molecule has 0 saturated carbocycles. The number of likely N-dealkylation sites (tertiary alicyclic amines) is 1. The van der Waals surface area contributed by atoms with Gasteiger partial charge in [0.25, 0.3) is 5.91 Å². The smallest absolute Gasteiger partial charge is 0.343 e. The van der Waals surface area contributed by atoms with Gasteiger partial charge in [-0.05, 0) is 30.7 Å². The largest absolute Gasteiger partial charge is 0.494 e. The van der Waals surface area contributed by atoms with E-state index in [0.717, 1.165) is 12.8 Å². The summed E-state index contributed by atoms with van der Waals surface area (Å²) in [5, 5.41) is 8.85. The topological polar surface area (TPSA) is 66.8 Å². The maximum atomic E-state index is 14.0. The zero-order chi connectivity index (χ0) is 16.2. The van der Waals surface area contributed by atoms with Gasteiger partial charge >= 0.3 is 5.97 Å². The number of carbonyl (C=O) groups is 2. The molecule has 2 rings (SSSR count).